The highest BCUT2D eigenvalue weighted by atomic mass is 32.2. The summed E-state index contributed by atoms with van der Waals surface area (Å²) in [5, 5.41) is 18.1. The van der Waals surface area contributed by atoms with Gasteiger partial charge < -0.3 is 14.6 Å². The van der Waals surface area contributed by atoms with E-state index in [1.165, 1.54) is 18.7 Å². The van der Waals surface area contributed by atoms with Crippen molar-refractivity contribution in [3.05, 3.63) is 48.0 Å². The highest BCUT2D eigenvalue weighted by molar-refractivity contribution is 7.99. The number of methoxy groups -OCH3 is 2. The Kier molecular flexibility index (Phi) is 5.69. The first kappa shape index (κ1) is 20.9. The summed E-state index contributed by atoms with van der Waals surface area (Å²) in [6, 6.07) is 12.6. The van der Waals surface area contributed by atoms with Crippen molar-refractivity contribution in [2.24, 2.45) is 0 Å². The van der Waals surface area contributed by atoms with Crippen molar-refractivity contribution >= 4 is 23.4 Å². The third-order valence-electron chi connectivity index (χ3n) is 5.05. The Bertz CT molecular complexity index is 1150. The summed E-state index contributed by atoms with van der Waals surface area (Å²) in [4.78, 5) is 18.7. The van der Waals surface area contributed by atoms with Gasteiger partial charge in [-0.05, 0) is 30.0 Å². The molecule has 2 aromatic carbocycles. The summed E-state index contributed by atoms with van der Waals surface area (Å²) in [6.45, 7) is 3.45. The summed E-state index contributed by atoms with van der Waals surface area (Å²) in [5.74, 6) is 1.26. The summed E-state index contributed by atoms with van der Waals surface area (Å²) < 4.78 is 12.5. The van der Waals surface area contributed by atoms with Gasteiger partial charge in [0.2, 0.25) is 5.91 Å². The lowest BCUT2D eigenvalue weighted by Crippen LogP contribution is -2.58. The van der Waals surface area contributed by atoms with Crippen molar-refractivity contribution in [3.8, 4) is 28.6 Å². The molecule has 8 nitrogen and oxygen atoms in total. The lowest BCUT2D eigenvalue weighted by atomic mass is 10.0. The topological polar surface area (TPSA) is 91.5 Å². The van der Waals surface area contributed by atoms with Crippen molar-refractivity contribution in [1.82, 2.24) is 10.1 Å². The number of aromatic nitrogens is 3. The monoisotopic (exact) mass is 438 g/mol. The molecule has 1 atom stereocenters. The van der Waals surface area contributed by atoms with E-state index in [4.69, 9.17) is 9.47 Å². The maximum Gasteiger partial charge on any atom is 0.296 e. The van der Waals surface area contributed by atoms with Crippen LogP contribution in [-0.2, 0) is 4.79 Å². The highest BCUT2D eigenvalue weighted by Crippen LogP contribution is 2.43. The zero-order valence-corrected chi connectivity index (χ0v) is 18.5. The molecular formula is C22H22N4O4S. The summed E-state index contributed by atoms with van der Waals surface area (Å²) in [5.41, 5.74) is 2.23. The maximum atomic E-state index is 13.1. The summed E-state index contributed by atoms with van der Waals surface area (Å²) in [7, 11) is 3.12. The fourth-order valence-corrected chi connectivity index (χ4v) is 4.33. The molecule has 0 saturated heterocycles. The van der Waals surface area contributed by atoms with Gasteiger partial charge in [0.05, 0.1) is 36.9 Å². The number of anilines is 1. The third-order valence-corrected chi connectivity index (χ3v) is 5.77. The molecule has 0 bridgehead atoms. The van der Waals surface area contributed by atoms with Crippen molar-refractivity contribution < 1.29 is 24.1 Å². The van der Waals surface area contributed by atoms with Gasteiger partial charge in [-0.25, -0.2) is 9.88 Å². The molecule has 2 heterocycles. The van der Waals surface area contributed by atoms with Gasteiger partial charge in [0.15, 0.2) is 0 Å². The minimum absolute atomic E-state index is 0.191. The van der Waals surface area contributed by atoms with Gasteiger partial charge in [-0.1, -0.05) is 35.5 Å². The van der Waals surface area contributed by atoms with Crippen LogP contribution in [-0.4, -0.2) is 36.0 Å². The molecule has 0 N–H and O–H groups in total. The van der Waals surface area contributed by atoms with Gasteiger partial charge in [-0.2, -0.15) is 0 Å². The number of rotatable bonds is 5. The number of carbonyl (C=O) groups is 1. The van der Waals surface area contributed by atoms with Crippen molar-refractivity contribution in [2.45, 2.75) is 25.2 Å². The smallest absolute Gasteiger partial charge is 0.296 e. The number of hydrogen-bond acceptors (Lipinski definition) is 7. The quantitative estimate of drug-likeness (QED) is 0.447. The Morgan fingerprint density at radius 1 is 1.23 bits per heavy atom. The minimum atomic E-state index is -0.727. The molecule has 1 amide bonds. The number of fused-ring (bicyclic) bond motifs is 3. The summed E-state index contributed by atoms with van der Waals surface area (Å²) >= 11 is 1.37. The number of hydrogen-bond donors (Lipinski definition) is 0. The molecule has 0 aliphatic carbocycles. The Hall–Kier alpha value is -3.33. The molecule has 31 heavy (non-hydrogen) atoms. The molecule has 0 radical (unpaired) electrons. The Morgan fingerprint density at radius 2 is 2.00 bits per heavy atom. The van der Waals surface area contributed by atoms with E-state index in [1.54, 1.807) is 42.0 Å². The molecule has 3 aromatic rings. The molecule has 1 aliphatic heterocycles. The van der Waals surface area contributed by atoms with E-state index in [2.05, 4.69) is 10.1 Å². The number of nitrogens with zero attached hydrogens (tertiary/aromatic N) is 4. The molecule has 1 aromatic heterocycles. The largest absolute Gasteiger partial charge is 0.854 e. The highest BCUT2D eigenvalue weighted by Gasteiger charge is 2.45. The number of benzene rings is 2. The van der Waals surface area contributed by atoms with Crippen molar-refractivity contribution in [1.29, 1.82) is 0 Å². The van der Waals surface area contributed by atoms with Gasteiger partial charge in [0.25, 0.3) is 17.0 Å². The lowest BCUT2D eigenvalue weighted by Gasteiger charge is -2.33. The van der Waals surface area contributed by atoms with E-state index in [-0.39, 0.29) is 11.8 Å². The first-order valence-electron chi connectivity index (χ1n) is 9.74. The average molecular weight is 439 g/mol. The van der Waals surface area contributed by atoms with Crippen LogP contribution >= 0.6 is 11.8 Å². The van der Waals surface area contributed by atoms with Crippen LogP contribution in [0.25, 0.3) is 11.3 Å². The maximum absolute atomic E-state index is 13.1. The van der Waals surface area contributed by atoms with Crippen LogP contribution in [0.15, 0.2) is 47.6 Å². The Balaban J connectivity index is 2.06. The van der Waals surface area contributed by atoms with E-state index >= 15 is 0 Å². The number of para-hydroxylation sites is 1. The van der Waals surface area contributed by atoms with Gasteiger partial charge >= 0.3 is 0 Å². The predicted molar refractivity (Wildman–Crippen MR) is 114 cm³/mol. The van der Waals surface area contributed by atoms with Crippen LogP contribution in [0, 0.1) is 0 Å². The predicted octanol–water partition coefficient (Wildman–Crippen LogP) is 2.55. The Labute approximate surface area is 184 Å². The van der Waals surface area contributed by atoms with Crippen LogP contribution in [0.1, 0.15) is 25.6 Å². The van der Waals surface area contributed by atoms with Crippen molar-refractivity contribution in [2.75, 3.05) is 24.9 Å². The average Bonchev–Trinajstić information content (AvgIpc) is 2.77. The molecule has 9 heteroatoms. The fourth-order valence-electron chi connectivity index (χ4n) is 3.78. The number of thioether (sulfide) groups is 1. The SMILES string of the molecule is CCSc1nc([O-])c2[n+](n1)C(c1ccc(OC)cc1OC)N(C(C)=O)c1ccccc1-2. The van der Waals surface area contributed by atoms with Crippen LogP contribution in [0.4, 0.5) is 5.69 Å². The molecule has 0 saturated carbocycles. The van der Waals surface area contributed by atoms with E-state index in [9.17, 15) is 9.90 Å². The number of amides is 1. The van der Waals surface area contributed by atoms with Gasteiger partial charge in [0.1, 0.15) is 11.5 Å². The second-order valence-corrected chi connectivity index (χ2v) is 8.04. The molecule has 1 unspecified atom stereocenters. The zero-order valence-electron chi connectivity index (χ0n) is 17.7. The standard InChI is InChI=1S/C22H22N4O4S/c1-5-31-22-23-20(28)19-15-8-6-7-9-17(15)25(13(2)27)21(26(19)24-22)16-11-10-14(29-3)12-18(16)30-4/h6-12,21H,5H2,1-4H3. The van der Waals surface area contributed by atoms with E-state index in [1.807, 2.05) is 31.2 Å². The fraction of sp³-hybridized carbons (Fsp3) is 0.273. The van der Waals surface area contributed by atoms with Gasteiger partial charge in [-0.3, -0.25) is 4.79 Å². The molecular weight excluding hydrogens is 416 g/mol. The first-order valence-corrected chi connectivity index (χ1v) is 10.7. The van der Waals surface area contributed by atoms with Crippen LogP contribution < -0.4 is 24.2 Å². The normalized spacial score (nSPS) is 14.6. The van der Waals surface area contributed by atoms with Gasteiger partial charge in [-0.15, -0.1) is 0 Å². The van der Waals surface area contributed by atoms with E-state index in [0.717, 1.165) is 0 Å². The molecule has 4 rings (SSSR count). The Morgan fingerprint density at radius 3 is 2.68 bits per heavy atom. The molecule has 0 spiro atoms. The van der Waals surface area contributed by atoms with Gasteiger partial charge in [0, 0.05) is 18.1 Å². The second kappa shape index (κ2) is 8.43. The van der Waals surface area contributed by atoms with Crippen LogP contribution in [0.5, 0.6) is 17.4 Å². The van der Waals surface area contributed by atoms with Crippen LogP contribution in [0.3, 0.4) is 0 Å². The number of ether oxygens (including phenoxy) is 2. The molecule has 0 fully saturated rings. The lowest BCUT2D eigenvalue weighted by molar-refractivity contribution is -0.764. The first-order chi connectivity index (χ1) is 15.0. The molecule has 1 aliphatic rings. The summed E-state index contributed by atoms with van der Waals surface area (Å²) in [6.07, 6.45) is -0.727. The van der Waals surface area contributed by atoms with Crippen LogP contribution in [0.2, 0.25) is 0 Å². The van der Waals surface area contributed by atoms with E-state index in [0.29, 0.717) is 44.9 Å². The van der Waals surface area contributed by atoms with E-state index < -0.39 is 6.17 Å². The molecule has 160 valence electrons. The third kappa shape index (κ3) is 3.54. The van der Waals surface area contributed by atoms with Crippen molar-refractivity contribution in [3.63, 3.8) is 0 Å². The zero-order chi connectivity index (χ0) is 22.1. The second-order valence-electron chi connectivity index (χ2n) is 6.81. The minimum Gasteiger partial charge on any atom is -0.854 e. The number of carbonyl (C=O) groups excluding carboxylic acids is 1.